The van der Waals surface area contributed by atoms with Crippen molar-refractivity contribution >= 4 is 27.3 Å². The fourth-order valence-electron chi connectivity index (χ4n) is 2.55. The zero-order chi connectivity index (χ0) is 20.9. The minimum absolute atomic E-state index is 0.116. The predicted molar refractivity (Wildman–Crippen MR) is 108 cm³/mol. The monoisotopic (exact) mass is 408 g/mol. The van der Waals surface area contributed by atoms with Crippen LogP contribution < -0.4 is 23.8 Å². The second-order valence-corrected chi connectivity index (χ2v) is 8.07. The van der Waals surface area contributed by atoms with Crippen LogP contribution in [0.3, 0.4) is 0 Å². The third-order valence-corrected chi connectivity index (χ3v) is 5.96. The van der Waals surface area contributed by atoms with E-state index in [1.807, 2.05) is 0 Å². The number of nitrogens with one attached hydrogen (secondary N) is 1. The summed E-state index contributed by atoms with van der Waals surface area (Å²) in [6.07, 6.45) is 0. The van der Waals surface area contributed by atoms with Crippen molar-refractivity contribution in [2.45, 2.75) is 6.92 Å². The summed E-state index contributed by atoms with van der Waals surface area (Å²) in [4.78, 5) is 13.0. The van der Waals surface area contributed by atoms with E-state index in [1.165, 1.54) is 47.4 Å². The molecule has 152 valence electrons. The number of hydrogen-bond acceptors (Lipinski definition) is 6. The van der Waals surface area contributed by atoms with E-state index in [9.17, 15) is 13.2 Å². The molecule has 0 aliphatic heterocycles. The topological polar surface area (TPSA) is 94.2 Å². The van der Waals surface area contributed by atoms with E-state index in [4.69, 9.17) is 14.2 Å². The van der Waals surface area contributed by atoms with Gasteiger partial charge in [0.05, 0.1) is 38.3 Å². The summed E-state index contributed by atoms with van der Waals surface area (Å²) in [5.74, 6) is 0.589. The Morgan fingerprint density at radius 2 is 1.68 bits per heavy atom. The first-order valence-electron chi connectivity index (χ1n) is 8.45. The number of carbonyl (C=O) groups excluding carboxylic acids is 1. The summed E-state index contributed by atoms with van der Waals surface area (Å²) in [5.41, 5.74) is 0.811. The van der Waals surface area contributed by atoms with E-state index in [-0.39, 0.29) is 17.0 Å². The van der Waals surface area contributed by atoms with Crippen LogP contribution in [-0.4, -0.2) is 48.5 Å². The smallest absolute Gasteiger partial charge is 0.257 e. The van der Waals surface area contributed by atoms with E-state index < -0.39 is 15.9 Å². The number of carbonyl (C=O) groups is 1. The van der Waals surface area contributed by atoms with Crippen LogP contribution in [0, 0.1) is 0 Å². The van der Waals surface area contributed by atoms with E-state index >= 15 is 0 Å². The quantitative estimate of drug-likeness (QED) is 0.722. The molecule has 0 heterocycles. The van der Waals surface area contributed by atoms with Gasteiger partial charge < -0.3 is 19.5 Å². The van der Waals surface area contributed by atoms with E-state index in [0.717, 1.165) is 4.31 Å². The maximum absolute atomic E-state index is 13.0. The predicted octanol–water partition coefficient (Wildman–Crippen LogP) is 2.75. The first-order chi connectivity index (χ1) is 13.3. The number of anilines is 2. The van der Waals surface area contributed by atoms with Gasteiger partial charge in [-0.1, -0.05) is 6.07 Å². The van der Waals surface area contributed by atoms with Crippen LogP contribution in [-0.2, 0) is 10.0 Å². The third-order valence-electron chi connectivity index (χ3n) is 4.20. The van der Waals surface area contributed by atoms with Gasteiger partial charge in [0.1, 0.15) is 5.75 Å². The summed E-state index contributed by atoms with van der Waals surface area (Å²) in [7, 11) is 2.19. The first kappa shape index (κ1) is 21.4. The van der Waals surface area contributed by atoms with Gasteiger partial charge >= 0.3 is 0 Å². The fourth-order valence-corrected chi connectivity index (χ4v) is 3.39. The highest BCUT2D eigenvalue weighted by Crippen LogP contribution is 2.36. The minimum Gasteiger partial charge on any atom is -0.497 e. The molecular weight excluding hydrogens is 384 g/mol. The van der Waals surface area contributed by atoms with Crippen LogP contribution >= 0.6 is 0 Å². The van der Waals surface area contributed by atoms with Crippen LogP contribution in [0.25, 0.3) is 0 Å². The van der Waals surface area contributed by atoms with Crippen LogP contribution in [0.1, 0.15) is 17.3 Å². The van der Waals surface area contributed by atoms with E-state index in [0.29, 0.717) is 22.9 Å². The third kappa shape index (κ3) is 4.48. The maximum atomic E-state index is 13.0. The minimum atomic E-state index is -3.60. The van der Waals surface area contributed by atoms with Crippen molar-refractivity contribution in [3.8, 4) is 17.2 Å². The normalized spacial score (nSPS) is 10.9. The molecule has 0 radical (unpaired) electrons. The highest BCUT2D eigenvalue weighted by Gasteiger charge is 2.25. The molecule has 2 aromatic carbocycles. The molecule has 0 unspecified atom stereocenters. The first-order valence-corrected chi connectivity index (χ1v) is 10.1. The molecule has 0 aliphatic rings. The fraction of sp³-hybridized carbons (Fsp3) is 0.316. The highest BCUT2D eigenvalue weighted by molar-refractivity contribution is 7.92. The molecule has 0 aliphatic carbocycles. The number of ether oxygens (including phenoxy) is 3. The van der Waals surface area contributed by atoms with Crippen molar-refractivity contribution in [2.24, 2.45) is 0 Å². The zero-order valence-corrected chi connectivity index (χ0v) is 17.3. The number of amides is 1. The summed E-state index contributed by atoms with van der Waals surface area (Å²) in [6.45, 7) is 1.53. The Hall–Kier alpha value is -2.94. The molecule has 0 aromatic heterocycles. The molecule has 0 fully saturated rings. The van der Waals surface area contributed by atoms with Crippen molar-refractivity contribution in [1.82, 2.24) is 0 Å². The number of rotatable bonds is 8. The van der Waals surface area contributed by atoms with E-state index in [1.54, 1.807) is 24.3 Å². The number of nitrogens with zero attached hydrogens (tertiary/aromatic N) is 1. The summed E-state index contributed by atoms with van der Waals surface area (Å²) >= 11 is 0. The molecule has 2 rings (SSSR count). The Morgan fingerprint density at radius 1 is 1.04 bits per heavy atom. The second kappa shape index (κ2) is 8.83. The van der Waals surface area contributed by atoms with Gasteiger partial charge in [0.15, 0.2) is 11.5 Å². The molecule has 0 bridgehead atoms. The van der Waals surface area contributed by atoms with Crippen molar-refractivity contribution in [3.05, 3.63) is 42.0 Å². The lowest BCUT2D eigenvalue weighted by atomic mass is 10.1. The van der Waals surface area contributed by atoms with Gasteiger partial charge in [0.2, 0.25) is 10.0 Å². The van der Waals surface area contributed by atoms with Crippen LogP contribution in [0.4, 0.5) is 11.4 Å². The lowest BCUT2D eigenvalue weighted by molar-refractivity contribution is 0.102. The van der Waals surface area contributed by atoms with Gasteiger partial charge in [-0.15, -0.1) is 0 Å². The van der Waals surface area contributed by atoms with Crippen molar-refractivity contribution in [2.75, 3.05) is 43.8 Å². The van der Waals surface area contributed by atoms with Gasteiger partial charge in [0, 0.05) is 24.9 Å². The second-order valence-electron chi connectivity index (χ2n) is 5.78. The van der Waals surface area contributed by atoms with Gasteiger partial charge in [-0.05, 0) is 25.1 Å². The number of benzene rings is 2. The van der Waals surface area contributed by atoms with Crippen LogP contribution in [0.5, 0.6) is 17.2 Å². The van der Waals surface area contributed by atoms with Crippen LogP contribution in [0.15, 0.2) is 36.4 Å². The van der Waals surface area contributed by atoms with Crippen molar-refractivity contribution < 1.29 is 27.4 Å². The lowest BCUT2D eigenvalue weighted by Gasteiger charge is -2.23. The Morgan fingerprint density at radius 3 is 2.25 bits per heavy atom. The Balaban J connectivity index is 2.54. The Kier molecular flexibility index (Phi) is 6.74. The molecule has 0 spiro atoms. The molecule has 0 saturated heterocycles. The average molecular weight is 408 g/mol. The molecular formula is C19H24N2O6S. The van der Waals surface area contributed by atoms with Gasteiger partial charge in [-0.2, -0.15) is 0 Å². The van der Waals surface area contributed by atoms with Gasteiger partial charge in [0.25, 0.3) is 5.91 Å². The molecule has 1 N–H and O–H groups in total. The largest absolute Gasteiger partial charge is 0.497 e. The number of methoxy groups -OCH3 is 3. The van der Waals surface area contributed by atoms with Crippen molar-refractivity contribution in [1.29, 1.82) is 0 Å². The SMILES string of the molecule is CCS(=O)(=O)N(C)c1cc(OC)c(OC)cc1C(=O)Nc1cccc(OC)c1. The summed E-state index contributed by atoms with van der Waals surface area (Å²) < 4.78 is 41.5. The molecule has 8 nitrogen and oxygen atoms in total. The highest BCUT2D eigenvalue weighted by atomic mass is 32.2. The Bertz CT molecular complexity index is 959. The molecule has 2 aromatic rings. The lowest BCUT2D eigenvalue weighted by Crippen LogP contribution is -2.30. The van der Waals surface area contributed by atoms with Crippen molar-refractivity contribution in [3.63, 3.8) is 0 Å². The zero-order valence-electron chi connectivity index (χ0n) is 16.5. The number of sulfonamides is 1. The molecule has 9 heteroatoms. The Labute approximate surface area is 165 Å². The average Bonchev–Trinajstić information content (AvgIpc) is 2.72. The molecule has 28 heavy (non-hydrogen) atoms. The van der Waals surface area contributed by atoms with Crippen LogP contribution in [0.2, 0.25) is 0 Å². The molecule has 1 amide bonds. The van der Waals surface area contributed by atoms with E-state index in [2.05, 4.69) is 5.32 Å². The van der Waals surface area contributed by atoms with Gasteiger partial charge in [-0.3, -0.25) is 9.10 Å². The molecule has 0 saturated carbocycles. The summed E-state index contributed by atoms with van der Waals surface area (Å²) in [5, 5.41) is 2.75. The summed E-state index contributed by atoms with van der Waals surface area (Å²) in [6, 6.07) is 9.76. The standard InChI is InChI=1S/C19H24N2O6S/c1-6-28(23,24)21(2)16-12-18(27-5)17(26-4)11-15(16)19(22)20-13-8-7-9-14(10-13)25-3/h7-12H,6H2,1-5H3,(H,20,22). The number of hydrogen-bond donors (Lipinski definition) is 1. The maximum Gasteiger partial charge on any atom is 0.257 e. The molecule has 0 atom stereocenters. The van der Waals surface area contributed by atoms with Gasteiger partial charge in [-0.25, -0.2) is 8.42 Å².